The molecule has 0 bridgehead atoms. The summed E-state index contributed by atoms with van der Waals surface area (Å²) in [6.07, 6.45) is 2.31. The average Bonchev–Trinajstić information content (AvgIpc) is 3.17. The predicted octanol–water partition coefficient (Wildman–Crippen LogP) is 3.96. The van der Waals surface area contributed by atoms with Crippen molar-refractivity contribution in [3.8, 4) is 0 Å². The SMILES string of the molecule is CC(C(=O)O)C(C)c1nc2cc(Br)ccc2n1C1CC1. The lowest BCUT2D eigenvalue weighted by molar-refractivity contribution is -0.141. The van der Waals surface area contributed by atoms with Gasteiger partial charge in [-0.3, -0.25) is 4.79 Å². The van der Waals surface area contributed by atoms with Gasteiger partial charge in [0.15, 0.2) is 0 Å². The van der Waals surface area contributed by atoms with Gasteiger partial charge in [0.05, 0.1) is 17.0 Å². The standard InChI is InChI=1S/C15H17BrN2O2/c1-8(9(2)15(19)20)14-17-12-7-10(16)3-6-13(12)18(14)11-4-5-11/h3,6-9,11H,4-5H2,1-2H3,(H,19,20). The largest absolute Gasteiger partial charge is 0.481 e. The van der Waals surface area contributed by atoms with E-state index in [1.807, 2.05) is 19.1 Å². The summed E-state index contributed by atoms with van der Waals surface area (Å²) in [5, 5.41) is 9.23. The highest BCUT2D eigenvalue weighted by Gasteiger charge is 2.32. The molecule has 0 radical (unpaired) electrons. The molecule has 106 valence electrons. The molecule has 1 aliphatic carbocycles. The van der Waals surface area contributed by atoms with Gasteiger partial charge in [-0.15, -0.1) is 0 Å². The molecule has 2 aromatic rings. The van der Waals surface area contributed by atoms with Crippen molar-refractivity contribution in [3.05, 3.63) is 28.5 Å². The number of hydrogen-bond donors (Lipinski definition) is 1. The molecule has 0 spiro atoms. The van der Waals surface area contributed by atoms with Crippen LogP contribution in [-0.4, -0.2) is 20.6 Å². The summed E-state index contributed by atoms with van der Waals surface area (Å²) in [5.74, 6) is -0.407. The van der Waals surface area contributed by atoms with Crippen molar-refractivity contribution >= 4 is 32.9 Å². The lowest BCUT2D eigenvalue weighted by Crippen LogP contribution is -2.19. The first-order valence-electron chi connectivity index (χ1n) is 6.89. The average molecular weight is 337 g/mol. The quantitative estimate of drug-likeness (QED) is 0.919. The minimum atomic E-state index is -0.770. The third-order valence-electron chi connectivity index (χ3n) is 4.14. The molecular formula is C15H17BrN2O2. The monoisotopic (exact) mass is 336 g/mol. The fourth-order valence-corrected chi connectivity index (χ4v) is 2.91. The van der Waals surface area contributed by atoms with Gasteiger partial charge in [-0.05, 0) is 31.0 Å². The minimum absolute atomic E-state index is 0.0979. The maximum absolute atomic E-state index is 11.2. The van der Waals surface area contributed by atoms with Crippen LogP contribution in [0, 0.1) is 5.92 Å². The van der Waals surface area contributed by atoms with Crippen molar-refractivity contribution < 1.29 is 9.90 Å². The van der Waals surface area contributed by atoms with Crippen LogP contribution >= 0.6 is 15.9 Å². The van der Waals surface area contributed by atoms with Crippen LogP contribution in [0.1, 0.15) is 44.5 Å². The van der Waals surface area contributed by atoms with Crippen LogP contribution in [0.15, 0.2) is 22.7 Å². The molecule has 1 aromatic carbocycles. The van der Waals surface area contributed by atoms with Crippen molar-refractivity contribution in [1.29, 1.82) is 0 Å². The Morgan fingerprint density at radius 3 is 2.75 bits per heavy atom. The van der Waals surface area contributed by atoms with Gasteiger partial charge in [-0.25, -0.2) is 4.98 Å². The summed E-state index contributed by atoms with van der Waals surface area (Å²) >= 11 is 3.46. The Morgan fingerprint density at radius 2 is 2.15 bits per heavy atom. The topological polar surface area (TPSA) is 55.1 Å². The Hall–Kier alpha value is -1.36. The Labute approximate surface area is 125 Å². The summed E-state index contributed by atoms with van der Waals surface area (Å²) < 4.78 is 3.24. The van der Waals surface area contributed by atoms with E-state index in [1.54, 1.807) is 6.92 Å². The van der Waals surface area contributed by atoms with E-state index in [0.29, 0.717) is 6.04 Å². The Morgan fingerprint density at radius 1 is 1.45 bits per heavy atom. The molecule has 0 saturated heterocycles. The molecule has 3 rings (SSSR count). The lowest BCUT2D eigenvalue weighted by atomic mass is 9.95. The number of carboxylic acids is 1. The van der Waals surface area contributed by atoms with Gasteiger partial charge in [-0.1, -0.05) is 29.8 Å². The van der Waals surface area contributed by atoms with Gasteiger partial charge in [0.25, 0.3) is 0 Å². The molecule has 1 fully saturated rings. The first-order chi connectivity index (χ1) is 9.49. The molecule has 0 amide bonds. The zero-order valence-electron chi connectivity index (χ0n) is 11.5. The molecule has 5 heteroatoms. The third-order valence-corrected chi connectivity index (χ3v) is 4.63. The van der Waals surface area contributed by atoms with Crippen LogP contribution in [0.3, 0.4) is 0 Å². The Balaban J connectivity index is 2.14. The first-order valence-corrected chi connectivity index (χ1v) is 7.68. The number of hydrogen-bond acceptors (Lipinski definition) is 2. The summed E-state index contributed by atoms with van der Waals surface area (Å²) in [5.41, 5.74) is 2.04. The molecule has 1 aliphatic rings. The van der Waals surface area contributed by atoms with Gasteiger partial charge < -0.3 is 9.67 Å². The molecule has 20 heavy (non-hydrogen) atoms. The predicted molar refractivity (Wildman–Crippen MR) is 80.9 cm³/mol. The summed E-state index contributed by atoms with van der Waals surface area (Å²) in [6, 6.07) is 6.56. The highest BCUT2D eigenvalue weighted by atomic mass is 79.9. The lowest BCUT2D eigenvalue weighted by Gasteiger charge is -2.17. The van der Waals surface area contributed by atoms with Gasteiger partial charge in [0.2, 0.25) is 0 Å². The zero-order chi connectivity index (χ0) is 14.4. The number of halogens is 1. The second-order valence-electron chi connectivity index (χ2n) is 5.62. The maximum Gasteiger partial charge on any atom is 0.306 e. The molecule has 1 N–H and O–H groups in total. The summed E-state index contributed by atoms with van der Waals surface area (Å²) in [4.78, 5) is 15.9. The van der Waals surface area contributed by atoms with Crippen molar-refractivity contribution in [2.45, 2.75) is 38.6 Å². The van der Waals surface area contributed by atoms with E-state index in [9.17, 15) is 9.90 Å². The van der Waals surface area contributed by atoms with Gasteiger partial charge in [0.1, 0.15) is 5.82 Å². The fraction of sp³-hybridized carbons (Fsp3) is 0.467. The van der Waals surface area contributed by atoms with Crippen LogP contribution in [0.4, 0.5) is 0 Å². The molecule has 0 aliphatic heterocycles. The van der Waals surface area contributed by atoms with Gasteiger partial charge in [-0.2, -0.15) is 0 Å². The van der Waals surface area contributed by atoms with Gasteiger partial charge in [0, 0.05) is 16.4 Å². The van der Waals surface area contributed by atoms with Crippen LogP contribution in [0.5, 0.6) is 0 Å². The van der Waals surface area contributed by atoms with Crippen LogP contribution in [0.2, 0.25) is 0 Å². The van der Waals surface area contributed by atoms with Crippen LogP contribution in [0.25, 0.3) is 11.0 Å². The number of aromatic nitrogens is 2. The number of carbonyl (C=O) groups is 1. The first kappa shape index (κ1) is 13.6. The van der Waals surface area contributed by atoms with E-state index in [0.717, 1.165) is 34.2 Å². The maximum atomic E-state index is 11.2. The molecule has 1 heterocycles. The molecule has 2 atom stereocenters. The van der Waals surface area contributed by atoms with E-state index < -0.39 is 11.9 Å². The number of fused-ring (bicyclic) bond motifs is 1. The summed E-state index contributed by atoms with van der Waals surface area (Å²) in [6.45, 7) is 3.70. The van der Waals surface area contributed by atoms with Crippen molar-refractivity contribution in [2.75, 3.05) is 0 Å². The highest BCUT2D eigenvalue weighted by molar-refractivity contribution is 9.10. The Bertz CT molecular complexity index is 676. The van der Waals surface area contributed by atoms with E-state index in [1.165, 1.54) is 0 Å². The minimum Gasteiger partial charge on any atom is -0.481 e. The molecular weight excluding hydrogens is 320 g/mol. The molecule has 4 nitrogen and oxygen atoms in total. The third kappa shape index (κ3) is 2.24. The zero-order valence-corrected chi connectivity index (χ0v) is 13.1. The van der Waals surface area contributed by atoms with E-state index in [2.05, 4.69) is 26.6 Å². The molecule has 2 unspecified atom stereocenters. The number of benzene rings is 1. The number of carboxylic acid groups (broad SMARTS) is 1. The van der Waals surface area contributed by atoms with E-state index >= 15 is 0 Å². The smallest absolute Gasteiger partial charge is 0.306 e. The van der Waals surface area contributed by atoms with E-state index in [4.69, 9.17) is 4.98 Å². The Kier molecular flexibility index (Phi) is 3.32. The summed E-state index contributed by atoms with van der Waals surface area (Å²) in [7, 11) is 0. The second kappa shape index (κ2) is 4.88. The van der Waals surface area contributed by atoms with Gasteiger partial charge >= 0.3 is 5.97 Å². The normalized spacial score (nSPS) is 18.1. The molecule has 1 saturated carbocycles. The number of rotatable bonds is 4. The molecule has 1 aromatic heterocycles. The van der Waals surface area contributed by atoms with Crippen molar-refractivity contribution in [3.63, 3.8) is 0 Å². The highest BCUT2D eigenvalue weighted by Crippen LogP contribution is 2.41. The van der Waals surface area contributed by atoms with Crippen molar-refractivity contribution in [1.82, 2.24) is 9.55 Å². The van der Waals surface area contributed by atoms with E-state index in [-0.39, 0.29) is 5.92 Å². The van der Waals surface area contributed by atoms with Crippen LogP contribution < -0.4 is 0 Å². The second-order valence-corrected chi connectivity index (χ2v) is 6.54. The number of imidazole rings is 1. The van der Waals surface area contributed by atoms with Crippen molar-refractivity contribution in [2.24, 2.45) is 5.92 Å². The number of nitrogens with zero attached hydrogens (tertiary/aromatic N) is 2. The number of aliphatic carboxylic acids is 1. The van der Waals surface area contributed by atoms with Crippen LogP contribution in [-0.2, 0) is 4.79 Å². The fourth-order valence-electron chi connectivity index (χ4n) is 2.57.